The van der Waals surface area contributed by atoms with Crippen molar-refractivity contribution in [1.82, 2.24) is 10.2 Å². The van der Waals surface area contributed by atoms with E-state index in [2.05, 4.69) is 12.2 Å². The minimum atomic E-state index is -0.0597. The molecule has 2 rings (SSSR count). The van der Waals surface area contributed by atoms with E-state index in [9.17, 15) is 9.90 Å². The predicted molar refractivity (Wildman–Crippen MR) is 80.0 cm³/mol. The highest BCUT2D eigenvalue weighted by molar-refractivity contribution is 5.97. The molecule has 2 unspecified atom stereocenters. The molecular weight excluding hydrogens is 252 g/mol. The molecule has 0 radical (unpaired) electrons. The van der Waals surface area contributed by atoms with Crippen LogP contribution in [-0.2, 0) is 0 Å². The van der Waals surface area contributed by atoms with E-state index in [0.29, 0.717) is 17.5 Å². The van der Waals surface area contributed by atoms with Crippen molar-refractivity contribution in [2.75, 3.05) is 20.1 Å². The van der Waals surface area contributed by atoms with Gasteiger partial charge in [-0.3, -0.25) is 4.79 Å². The third-order valence-corrected chi connectivity index (χ3v) is 4.30. The number of aromatic hydroxyl groups is 1. The lowest BCUT2D eigenvalue weighted by molar-refractivity contribution is 0.0629. The van der Waals surface area contributed by atoms with Gasteiger partial charge in [-0.05, 0) is 44.0 Å². The fraction of sp³-hybridized carbons (Fsp3) is 0.562. The molecule has 20 heavy (non-hydrogen) atoms. The third-order valence-electron chi connectivity index (χ3n) is 4.30. The maximum absolute atomic E-state index is 12.5. The molecule has 0 spiro atoms. The highest BCUT2D eigenvalue weighted by Gasteiger charge is 2.30. The summed E-state index contributed by atoms with van der Waals surface area (Å²) in [6, 6.07) is 5.71. The van der Waals surface area contributed by atoms with Gasteiger partial charge in [0.25, 0.3) is 5.91 Å². The zero-order chi connectivity index (χ0) is 14.7. The first kappa shape index (κ1) is 14.9. The summed E-state index contributed by atoms with van der Waals surface area (Å²) >= 11 is 0. The Labute approximate surface area is 120 Å². The number of carbonyl (C=O) groups is 1. The van der Waals surface area contributed by atoms with Gasteiger partial charge in [0.15, 0.2) is 0 Å². The standard InChI is InChI=1S/C16H24N2O2/c1-4-12-10-18(8-7-14(12)17-3)16(20)13-6-5-11(2)9-15(13)19/h5-6,9,12,14,17,19H,4,7-8,10H2,1-3H3. The maximum Gasteiger partial charge on any atom is 0.257 e. The smallest absolute Gasteiger partial charge is 0.257 e. The molecule has 0 bridgehead atoms. The molecule has 0 aliphatic carbocycles. The van der Waals surface area contributed by atoms with Crippen LogP contribution in [0.2, 0.25) is 0 Å². The van der Waals surface area contributed by atoms with E-state index in [4.69, 9.17) is 0 Å². The van der Waals surface area contributed by atoms with Crippen molar-refractivity contribution >= 4 is 5.91 Å². The molecule has 110 valence electrons. The van der Waals surface area contributed by atoms with Crippen molar-refractivity contribution in [3.05, 3.63) is 29.3 Å². The van der Waals surface area contributed by atoms with Gasteiger partial charge in [0, 0.05) is 19.1 Å². The first-order chi connectivity index (χ1) is 9.56. The van der Waals surface area contributed by atoms with Gasteiger partial charge in [-0.25, -0.2) is 0 Å². The van der Waals surface area contributed by atoms with Crippen molar-refractivity contribution in [3.8, 4) is 5.75 Å². The van der Waals surface area contributed by atoms with Crippen LogP contribution >= 0.6 is 0 Å². The van der Waals surface area contributed by atoms with Crippen LogP contribution in [-0.4, -0.2) is 42.1 Å². The summed E-state index contributed by atoms with van der Waals surface area (Å²) in [4.78, 5) is 14.4. The van der Waals surface area contributed by atoms with Crippen LogP contribution in [0.15, 0.2) is 18.2 Å². The number of rotatable bonds is 3. The first-order valence-electron chi connectivity index (χ1n) is 7.33. The maximum atomic E-state index is 12.5. The Morgan fingerprint density at radius 1 is 1.50 bits per heavy atom. The number of piperidine rings is 1. The Morgan fingerprint density at radius 3 is 2.85 bits per heavy atom. The molecular formula is C16H24N2O2. The molecule has 1 aliphatic rings. The summed E-state index contributed by atoms with van der Waals surface area (Å²) in [5.41, 5.74) is 1.37. The molecule has 2 N–H and O–H groups in total. The molecule has 1 saturated heterocycles. The van der Waals surface area contributed by atoms with E-state index in [1.54, 1.807) is 12.1 Å². The van der Waals surface area contributed by atoms with Gasteiger partial charge >= 0.3 is 0 Å². The fourth-order valence-electron chi connectivity index (χ4n) is 3.00. The van der Waals surface area contributed by atoms with E-state index >= 15 is 0 Å². The highest BCUT2D eigenvalue weighted by atomic mass is 16.3. The van der Waals surface area contributed by atoms with Crippen molar-refractivity contribution in [3.63, 3.8) is 0 Å². The molecule has 0 saturated carbocycles. The second kappa shape index (κ2) is 6.27. The number of amides is 1. The molecule has 1 aromatic rings. The topological polar surface area (TPSA) is 52.6 Å². The number of aryl methyl sites for hydroxylation is 1. The van der Waals surface area contributed by atoms with Crippen molar-refractivity contribution in [1.29, 1.82) is 0 Å². The fourth-order valence-corrected chi connectivity index (χ4v) is 3.00. The van der Waals surface area contributed by atoms with Crippen molar-refractivity contribution in [2.45, 2.75) is 32.7 Å². The summed E-state index contributed by atoms with van der Waals surface area (Å²) in [5.74, 6) is 0.500. The van der Waals surface area contributed by atoms with Gasteiger partial charge in [0.2, 0.25) is 0 Å². The van der Waals surface area contributed by atoms with E-state index in [-0.39, 0.29) is 11.7 Å². The Kier molecular flexibility index (Phi) is 4.65. The summed E-state index contributed by atoms with van der Waals surface area (Å²) in [5, 5.41) is 13.3. The Bertz CT molecular complexity index is 487. The minimum Gasteiger partial charge on any atom is -0.507 e. The van der Waals surface area contributed by atoms with E-state index in [1.807, 2.05) is 24.9 Å². The van der Waals surface area contributed by atoms with Gasteiger partial charge in [-0.2, -0.15) is 0 Å². The van der Waals surface area contributed by atoms with Crippen LogP contribution in [0.4, 0.5) is 0 Å². The summed E-state index contributed by atoms with van der Waals surface area (Å²) in [6.45, 7) is 5.56. The molecule has 1 aliphatic heterocycles. The Balaban J connectivity index is 2.13. The van der Waals surface area contributed by atoms with Crippen LogP contribution in [0.1, 0.15) is 35.7 Å². The van der Waals surface area contributed by atoms with Gasteiger partial charge < -0.3 is 15.3 Å². The molecule has 0 aromatic heterocycles. The number of phenolic OH excluding ortho intramolecular Hbond substituents is 1. The van der Waals surface area contributed by atoms with Crippen LogP contribution in [0.3, 0.4) is 0 Å². The van der Waals surface area contributed by atoms with Crippen LogP contribution in [0, 0.1) is 12.8 Å². The van der Waals surface area contributed by atoms with Gasteiger partial charge in [-0.15, -0.1) is 0 Å². The monoisotopic (exact) mass is 276 g/mol. The predicted octanol–water partition coefficient (Wildman–Crippen LogP) is 2.16. The normalized spacial score (nSPS) is 22.9. The molecule has 1 aromatic carbocycles. The second-order valence-corrected chi connectivity index (χ2v) is 5.62. The lowest BCUT2D eigenvalue weighted by atomic mass is 9.89. The molecule has 1 fully saturated rings. The number of benzene rings is 1. The molecule has 1 amide bonds. The minimum absolute atomic E-state index is 0.0597. The molecule has 2 atom stereocenters. The zero-order valence-electron chi connectivity index (χ0n) is 12.5. The number of phenols is 1. The molecule has 4 heteroatoms. The van der Waals surface area contributed by atoms with Gasteiger partial charge in [0.05, 0.1) is 5.56 Å². The zero-order valence-corrected chi connectivity index (χ0v) is 12.5. The molecule has 4 nitrogen and oxygen atoms in total. The molecule has 1 heterocycles. The lowest BCUT2D eigenvalue weighted by Gasteiger charge is -2.38. The van der Waals surface area contributed by atoms with Crippen molar-refractivity contribution in [2.24, 2.45) is 5.92 Å². The first-order valence-corrected chi connectivity index (χ1v) is 7.33. The summed E-state index contributed by atoms with van der Waals surface area (Å²) < 4.78 is 0. The number of nitrogens with zero attached hydrogens (tertiary/aromatic N) is 1. The SMILES string of the molecule is CCC1CN(C(=O)c2ccc(C)cc2O)CCC1NC. The number of carbonyl (C=O) groups excluding carboxylic acids is 1. The van der Waals surface area contributed by atoms with E-state index in [1.165, 1.54) is 0 Å². The number of hydrogen-bond acceptors (Lipinski definition) is 3. The van der Waals surface area contributed by atoms with Gasteiger partial charge in [-0.1, -0.05) is 19.4 Å². The Hall–Kier alpha value is -1.55. The quantitative estimate of drug-likeness (QED) is 0.889. The Morgan fingerprint density at radius 2 is 2.25 bits per heavy atom. The average molecular weight is 276 g/mol. The number of hydrogen-bond donors (Lipinski definition) is 2. The number of nitrogens with one attached hydrogen (secondary N) is 1. The largest absolute Gasteiger partial charge is 0.507 e. The van der Waals surface area contributed by atoms with Crippen LogP contribution < -0.4 is 5.32 Å². The van der Waals surface area contributed by atoms with Crippen LogP contribution in [0.5, 0.6) is 5.75 Å². The lowest BCUT2D eigenvalue weighted by Crippen LogP contribution is -2.50. The van der Waals surface area contributed by atoms with Crippen LogP contribution in [0.25, 0.3) is 0 Å². The van der Waals surface area contributed by atoms with E-state index in [0.717, 1.165) is 31.5 Å². The average Bonchev–Trinajstić information content (AvgIpc) is 2.45. The highest BCUT2D eigenvalue weighted by Crippen LogP contribution is 2.25. The third kappa shape index (κ3) is 2.96. The summed E-state index contributed by atoms with van der Waals surface area (Å²) in [7, 11) is 1.98. The van der Waals surface area contributed by atoms with Crippen molar-refractivity contribution < 1.29 is 9.90 Å². The van der Waals surface area contributed by atoms with Gasteiger partial charge in [0.1, 0.15) is 5.75 Å². The summed E-state index contributed by atoms with van der Waals surface area (Å²) in [6.07, 6.45) is 2.02. The van der Waals surface area contributed by atoms with E-state index < -0.39 is 0 Å². The number of likely N-dealkylation sites (tertiary alicyclic amines) is 1. The second-order valence-electron chi connectivity index (χ2n) is 5.62.